The highest BCUT2D eigenvalue weighted by atomic mass is 16.5. The van der Waals surface area contributed by atoms with E-state index in [1.54, 1.807) is 19.1 Å². The van der Waals surface area contributed by atoms with E-state index in [1.165, 1.54) is 0 Å². The van der Waals surface area contributed by atoms with E-state index in [0.29, 0.717) is 23.5 Å². The SMILES string of the molecule is CC(=O)[C@H]1CC[C@H]2[C@@H]3C(C(C)C(O)O)CC4=CC(=O)C=C[C@]4(C)[C@H]3CC[C@]12C. The first kappa shape index (κ1) is 20.0. The third-order valence-corrected chi connectivity index (χ3v) is 9.29. The summed E-state index contributed by atoms with van der Waals surface area (Å²) in [6, 6.07) is 0. The van der Waals surface area contributed by atoms with Crippen molar-refractivity contribution in [3.8, 4) is 0 Å². The van der Waals surface area contributed by atoms with Gasteiger partial charge in [0, 0.05) is 17.3 Å². The third kappa shape index (κ3) is 2.71. The van der Waals surface area contributed by atoms with Gasteiger partial charge in [-0.1, -0.05) is 32.4 Å². The average molecular weight is 387 g/mol. The summed E-state index contributed by atoms with van der Waals surface area (Å²) in [5.41, 5.74) is 1.03. The molecule has 3 fully saturated rings. The topological polar surface area (TPSA) is 74.6 Å². The van der Waals surface area contributed by atoms with Crippen molar-refractivity contribution in [2.75, 3.05) is 0 Å². The van der Waals surface area contributed by atoms with Crippen LogP contribution in [0.4, 0.5) is 0 Å². The Balaban J connectivity index is 1.79. The van der Waals surface area contributed by atoms with Crippen LogP contribution >= 0.6 is 0 Å². The van der Waals surface area contributed by atoms with Gasteiger partial charge in [0.2, 0.25) is 0 Å². The minimum absolute atomic E-state index is 0.0111. The predicted molar refractivity (Wildman–Crippen MR) is 107 cm³/mol. The molecule has 0 aromatic rings. The molecule has 0 bridgehead atoms. The lowest BCUT2D eigenvalue weighted by molar-refractivity contribution is -0.144. The van der Waals surface area contributed by atoms with Gasteiger partial charge in [0.05, 0.1) is 0 Å². The summed E-state index contributed by atoms with van der Waals surface area (Å²) in [4.78, 5) is 24.5. The molecule has 3 saturated carbocycles. The second kappa shape index (κ2) is 6.63. The Hall–Kier alpha value is -1.26. The van der Waals surface area contributed by atoms with Gasteiger partial charge in [0.15, 0.2) is 12.1 Å². The Bertz CT molecular complexity index is 750. The fraction of sp³-hybridized carbons (Fsp3) is 0.750. The molecule has 4 aliphatic rings. The quantitative estimate of drug-likeness (QED) is 0.726. The Morgan fingerprint density at radius 2 is 1.89 bits per heavy atom. The molecule has 0 heterocycles. The average Bonchev–Trinajstić information content (AvgIpc) is 2.98. The summed E-state index contributed by atoms with van der Waals surface area (Å²) < 4.78 is 0. The summed E-state index contributed by atoms with van der Waals surface area (Å²) >= 11 is 0. The molecule has 0 aromatic carbocycles. The zero-order valence-corrected chi connectivity index (χ0v) is 17.5. The molecule has 0 saturated heterocycles. The summed E-state index contributed by atoms with van der Waals surface area (Å²) in [5, 5.41) is 20.0. The lowest BCUT2D eigenvalue weighted by Gasteiger charge is -2.60. The van der Waals surface area contributed by atoms with E-state index < -0.39 is 6.29 Å². The van der Waals surface area contributed by atoms with Crippen molar-refractivity contribution < 1.29 is 19.8 Å². The van der Waals surface area contributed by atoms with Gasteiger partial charge in [-0.15, -0.1) is 0 Å². The molecule has 4 nitrogen and oxygen atoms in total. The van der Waals surface area contributed by atoms with E-state index in [4.69, 9.17) is 0 Å². The van der Waals surface area contributed by atoms with Crippen LogP contribution in [0.1, 0.15) is 59.8 Å². The smallest absolute Gasteiger partial charge is 0.178 e. The highest BCUT2D eigenvalue weighted by molar-refractivity contribution is 6.01. The molecular weight excluding hydrogens is 352 g/mol. The maximum absolute atomic E-state index is 12.4. The number of fused-ring (bicyclic) bond motifs is 5. The number of ketones is 2. The van der Waals surface area contributed by atoms with Crippen LogP contribution in [0.25, 0.3) is 0 Å². The van der Waals surface area contributed by atoms with Gasteiger partial charge >= 0.3 is 0 Å². The Morgan fingerprint density at radius 1 is 1.18 bits per heavy atom. The van der Waals surface area contributed by atoms with Crippen molar-refractivity contribution in [1.82, 2.24) is 0 Å². The van der Waals surface area contributed by atoms with E-state index in [0.717, 1.165) is 37.7 Å². The molecule has 0 aromatic heterocycles. The van der Waals surface area contributed by atoms with Gasteiger partial charge in [-0.25, -0.2) is 0 Å². The number of aliphatic hydroxyl groups excluding tert-OH is 1. The summed E-state index contributed by atoms with van der Waals surface area (Å²) in [5.74, 6) is 1.50. The van der Waals surface area contributed by atoms with Crippen LogP contribution in [0.5, 0.6) is 0 Å². The molecular formula is C24H34O4. The van der Waals surface area contributed by atoms with E-state index in [-0.39, 0.29) is 34.4 Å². The molecule has 2 unspecified atom stereocenters. The van der Waals surface area contributed by atoms with Crippen LogP contribution in [0.15, 0.2) is 23.8 Å². The van der Waals surface area contributed by atoms with Crippen molar-refractivity contribution in [2.45, 2.75) is 66.1 Å². The maximum Gasteiger partial charge on any atom is 0.178 e. The fourth-order valence-corrected chi connectivity index (χ4v) is 7.68. The first-order valence-corrected chi connectivity index (χ1v) is 10.9. The van der Waals surface area contributed by atoms with Crippen molar-refractivity contribution in [1.29, 1.82) is 0 Å². The molecule has 8 atom stereocenters. The van der Waals surface area contributed by atoms with Crippen molar-refractivity contribution in [3.63, 3.8) is 0 Å². The summed E-state index contributed by atoms with van der Waals surface area (Å²) in [6.07, 6.45) is 9.06. The molecule has 28 heavy (non-hydrogen) atoms. The van der Waals surface area contributed by atoms with Gasteiger partial charge in [-0.3, -0.25) is 9.59 Å². The first-order chi connectivity index (χ1) is 13.1. The second-order valence-corrected chi connectivity index (χ2v) is 10.4. The van der Waals surface area contributed by atoms with E-state index in [2.05, 4.69) is 19.9 Å². The molecule has 0 aliphatic heterocycles. The molecule has 0 amide bonds. The number of carbonyl (C=O) groups excluding carboxylic acids is 2. The highest BCUT2D eigenvalue weighted by Gasteiger charge is 2.62. The number of rotatable bonds is 3. The van der Waals surface area contributed by atoms with Gasteiger partial charge in [0.1, 0.15) is 5.78 Å². The van der Waals surface area contributed by atoms with Gasteiger partial charge in [-0.05, 0) is 80.3 Å². The van der Waals surface area contributed by atoms with Crippen LogP contribution in [0.3, 0.4) is 0 Å². The van der Waals surface area contributed by atoms with E-state index >= 15 is 0 Å². The van der Waals surface area contributed by atoms with Crippen LogP contribution in [-0.2, 0) is 9.59 Å². The normalized spacial score (nSPS) is 45.9. The number of aliphatic hydroxyl groups is 2. The number of Topliss-reactive ketones (excluding diaryl/α,β-unsaturated/α-hetero) is 1. The first-order valence-electron chi connectivity index (χ1n) is 10.9. The zero-order valence-electron chi connectivity index (χ0n) is 17.5. The van der Waals surface area contributed by atoms with Gasteiger partial charge in [-0.2, -0.15) is 0 Å². The van der Waals surface area contributed by atoms with Crippen molar-refractivity contribution >= 4 is 11.6 Å². The molecule has 4 heteroatoms. The fourth-order valence-electron chi connectivity index (χ4n) is 7.68. The Labute approximate surface area is 168 Å². The minimum atomic E-state index is -1.36. The summed E-state index contributed by atoms with van der Waals surface area (Å²) in [6.45, 7) is 8.23. The number of allylic oxidation sites excluding steroid dienone is 4. The highest BCUT2D eigenvalue weighted by Crippen LogP contribution is 2.68. The summed E-state index contributed by atoms with van der Waals surface area (Å²) in [7, 11) is 0. The monoisotopic (exact) mass is 386 g/mol. The third-order valence-electron chi connectivity index (χ3n) is 9.29. The predicted octanol–water partition coefficient (Wildman–Crippen LogP) is 3.67. The lowest BCUT2D eigenvalue weighted by Crippen LogP contribution is -2.55. The number of carbonyl (C=O) groups is 2. The van der Waals surface area contributed by atoms with Crippen LogP contribution in [-0.4, -0.2) is 28.1 Å². The molecule has 154 valence electrons. The minimum Gasteiger partial charge on any atom is -0.368 e. The van der Waals surface area contributed by atoms with Gasteiger partial charge < -0.3 is 10.2 Å². The molecule has 2 N–H and O–H groups in total. The van der Waals surface area contributed by atoms with Gasteiger partial charge in [0.25, 0.3) is 0 Å². The standard InChI is InChI=1S/C24H34O4/c1-13(22(27)28)17-12-15-11-16(26)7-9-23(15,3)20-8-10-24(4)18(14(2)25)5-6-19(24)21(17)20/h7,9,11,13,17-22,27-28H,5-6,8,10,12H2,1-4H3/t13?,17?,18-,19+,20+,21+,23+,24-/m1/s1. The van der Waals surface area contributed by atoms with Crippen LogP contribution in [0, 0.1) is 46.3 Å². The molecule has 4 aliphatic carbocycles. The lowest BCUT2D eigenvalue weighted by atomic mass is 9.44. The van der Waals surface area contributed by atoms with Crippen LogP contribution in [0.2, 0.25) is 0 Å². The zero-order chi connectivity index (χ0) is 20.4. The largest absolute Gasteiger partial charge is 0.368 e. The Morgan fingerprint density at radius 3 is 2.54 bits per heavy atom. The molecule has 0 spiro atoms. The van der Waals surface area contributed by atoms with Crippen molar-refractivity contribution in [3.05, 3.63) is 23.8 Å². The molecule has 4 rings (SSSR count). The van der Waals surface area contributed by atoms with E-state index in [1.807, 2.05) is 6.92 Å². The van der Waals surface area contributed by atoms with Crippen LogP contribution < -0.4 is 0 Å². The van der Waals surface area contributed by atoms with Crippen molar-refractivity contribution in [2.24, 2.45) is 46.3 Å². The van der Waals surface area contributed by atoms with E-state index in [9.17, 15) is 19.8 Å². The maximum atomic E-state index is 12.4. The second-order valence-electron chi connectivity index (χ2n) is 10.4. The Kier molecular flexibility index (Phi) is 4.74. The number of hydrogen-bond acceptors (Lipinski definition) is 4. The molecule has 0 radical (unpaired) electrons. The number of hydrogen-bond donors (Lipinski definition) is 2.